The van der Waals surface area contributed by atoms with E-state index in [9.17, 15) is 8.42 Å². The summed E-state index contributed by atoms with van der Waals surface area (Å²) < 4.78 is 33.6. The molecular formula is C11H25N3O4S. The van der Waals surface area contributed by atoms with Gasteiger partial charge in [0.15, 0.2) is 0 Å². The first-order valence-corrected chi connectivity index (χ1v) is 8.04. The summed E-state index contributed by atoms with van der Waals surface area (Å²) in [6.07, 6.45) is -0.611. The first-order chi connectivity index (χ1) is 8.81. The Hall–Kier alpha value is -0.250. The summed E-state index contributed by atoms with van der Waals surface area (Å²) in [5, 5.41) is 12.0. The molecule has 1 heterocycles. The fraction of sp³-hybridized carbons (Fsp3) is 1.00. The Balaban J connectivity index is 2.34. The smallest absolute Gasteiger partial charge is 0.279 e. The highest BCUT2D eigenvalue weighted by Gasteiger charge is 2.30. The van der Waals surface area contributed by atoms with Gasteiger partial charge in [-0.15, -0.1) is 0 Å². The summed E-state index contributed by atoms with van der Waals surface area (Å²) >= 11 is 0. The average molecular weight is 295 g/mol. The zero-order chi connectivity index (χ0) is 14.5. The number of rotatable bonds is 7. The van der Waals surface area contributed by atoms with E-state index in [-0.39, 0.29) is 12.2 Å². The van der Waals surface area contributed by atoms with Crippen molar-refractivity contribution in [1.29, 1.82) is 0 Å². The van der Waals surface area contributed by atoms with E-state index in [1.54, 1.807) is 6.92 Å². The number of aliphatic hydroxyl groups is 1. The molecule has 3 atom stereocenters. The Labute approximate surface area is 115 Å². The normalized spacial score (nSPS) is 27.4. The maximum absolute atomic E-state index is 12.1. The summed E-state index contributed by atoms with van der Waals surface area (Å²) in [5.74, 6) is 0. The van der Waals surface area contributed by atoms with Gasteiger partial charge < -0.3 is 15.2 Å². The van der Waals surface area contributed by atoms with Gasteiger partial charge in [-0.05, 0) is 20.8 Å². The van der Waals surface area contributed by atoms with E-state index >= 15 is 0 Å². The first kappa shape index (κ1) is 16.8. The summed E-state index contributed by atoms with van der Waals surface area (Å²) in [7, 11) is -3.45. The second-order valence-corrected chi connectivity index (χ2v) is 6.78. The van der Waals surface area contributed by atoms with Crippen molar-refractivity contribution >= 4 is 10.2 Å². The van der Waals surface area contributed by atoms with Crippen LogP contribution >= 0.6 is 0 Å². The quantitative estimate of drug-likeness (QED) is 0.519. The van der Waals surface area contributed by atoms with Gasteiger partial charge in [0.25, 0.3) is 10.2 Å². The molecule has 0 saturated carbocycles. The highest BCUT2D eigenvalue weighted by atomic mass is 32.2. The van der Waals surface area contributed by atoms with Crippen LogP contribution in [0.15, 0.2) is 0 Å². The lowest BCUT2D eigenvalue weighted by Crippen LogP contribution is -2.52. The molecule has 1 rings (SSSR count). The van der Waals surface area contributed by atoms with Gasteiger partial charge in [-0.1, -0.05) is 0 Å². The third kappa shape index (κ3) is 6.15. The molecule has 1 saturated heterocycles. The van der Waals surface area contributed by atoms with E-state index in [1.807, 2.05) is 13.8 Å². The minimum Gasteiger partial charge on any atom is -0.392 e. The lowest BCUT2D eigenvalue weighted by atomic mass is 10.3. The van der Waals surface area contributed by atoms with Crippen LogP contribution in [0.25, 0.3) is 0 Å². The number of hydrogen-bond acceptors (Lipinski definition) is 5. The van der Waals surface area contributed by atoms with Gasteiger partial charge >= 0.3 is 0 Å². The topological polar surface area (TPSA) is 90.9 Å². The van der Waals surface area contributed by atoms with Crippen molar-refractivity contribution in [2.24, 2.45) is 0 Å². The van der Waals surface area contributed by atoms with Crippen LogP contribution in [0.3, 0.4) is 0 Å². The molecule has 1 fully saturated rings. The Bertz CT molecular complexity index is 351. The summed E-state index contributed by atoms with van der Waals surface area (Å²) in [4.78, 5) is 0. The number of ether oxygens (including phenoxy) is 1. The van der Waals surface area contributed by atoms with Gasteiger partial charge in [0, 0.05) is 32.7 Å². The van der Waals surface area contributed by atoms with Gasteiger partial charge in [0.1, 0.15) is 0 Å². The lowest BCUT2D eigenvalue weighted by Gasteiger charge is -2.34. The third-order valence-electron chi connectivity index (χ3n) is 2.75. The maximum Gasteiger partial charge on any atom is 0.279 e. The van der Waals surface area contributed by atoms with Crippen LogP contribution in [0.2, 0.25) is 0 Å². The van der Waals surface area contributed by atoms with Crippen LogP contribution in [0.1, 0.15) is 20.8 Å². The molecule has 0 amide bonds. The Morgan fingerprint density at radius 3 is 2.42 bits per heavy atom. The van der Waals surface area contributed by atoms with Crippen molar-refractivity contribution < 1.29 is 18.3 Å². The molecule has 0 radical (unpaired) electrons. The molecule has 1 aliphatic rings. The Morgan fingerprint density at radius 2 is 1.89 bits per heavy atom. The molecule has 0 bridgehead atoms. The highest BCUT2D eigenvalue weighted by Crippen LogP contribution is 2.13. The molecular weight excluding hydrogens is 270 g/mol. The molecule has 8 heteroatoms. The van der Waals surface area contributed by atoms with Crippen molar-refractivity contribution in [2.75, 3.05) is 32.7 Å². The summed E-state index contributed by atoms with van der Waals surface area (Å²) in [6, 6.07) is 0. The average Bonchev–Trinajstić information content (AvgIpc) is 2.26. The molecule has 3 unspecified atom stereocenters. The van der Waals surface area contributed by atoms with Gasteiger partial charge in [-0.25, -0.2) is 4.72 Å². The van der Waals surface area contributed by atoms with E-state index in [0.717, 1.165) is 0 Å². The minimum atomic E-state index is -3.45. The van der Waals surface area contributed by atoms with Crippen molar-refractivity contribution in [3.8, 4) is 0 Å². The molecule has 0 spiro atoms. The molecule has 0 aromatic rings. The fourth-order valence-electron chi connectivity index (χ4n) is 2.00. The van der Waals surface area contributed by atoms with E-state index in [0.29, 0.717) is 32.7 Å². The van der Waals surface area contributed by atoms with Gasteiger partial charge in [0.2, 0.25) is 0 Å². The van der Waals surface area contributed by atoms with Crippen molar-refractivity contribution in [3.63, 3.8) is 0 Å². The monoisotopic (exact) mass is 295 g/mol. The van der Waals surface area contributed by atoms with Crippen molar-refractivity contribution in [3.05, 3.63) is 0 Å². The van der Waals surface area contributed by atoms with Gasteiger partial charge in [-0.3, -0.25) is 0 Å². The Morgan fingerprint density at radius 1 is 1.32 bits per heavy atom. The van der Waals surface area contributed by atoms with Crippen LogP contribution in [-0.2, 0) is 14.9 Å². The molecule has 0 aromatic heterocycles. The summed E-state index contributed by atoms with van der Waals surface area (Å²) in [6.45, 7) is 7.39. The largest absolute Gasteiger partial charge is 0.392 e. The molecule has 0 aliphatic carbocycles. The van der Waals surface area contributed by atoms with E-state index in [1.165, 1.54) is 4.31 Å². The van der Waals surface area contributed by atoms with Gasteiger partial charge in [0.05, 0.1) is 18.3 Å². The van der Waals surface area contributed by atoms with Crippen LogP contribution < -0.4 is 10.0 Å². The second-order valence-electron chi connectivity index (χ2n) is 5.03. The SMILES string of the molecule is CC(O)CNCCNS(=O)(=O)N1CC(C)OC(C)C1. The van der Waals surface area contributed by atoms with Crippen molar-refractivity contribution in [2.45, 2.75) is 39.1 Å². The lowest BCUT2D eigenvalue weighted by molar-refractivity contribution is -0.0443. The number of nitrogens with one attached hydrogen (secondary N) is 2. The molecule has 1 aliphatic heterocycles. The molecule has 7 nitrogen and oxygen atoms in total. The predicted molar refractivity (Wildman–Crippen MR) is 73.1 cm³/mol. The number of morpholine rings is 1. The van der Waals surface area contributed by atoms with E-state index in [4.69, 9.17) is 9.84 Å². The van der Waals surface area contributed by atoms with Gasteiger partial charge in [-0.2, -0.15) is 12.7 Å². The van der Waals surface area contributed by atoms with E-state index in [2.05, 4.69) is 10.0 Å². The zero-order valence-corrected chi connectivity index (χ0v) is 12.6. The molecule has 0 aromatic carbocycles. The standard InChI is InChI=1S/C11H25N3O4S/c1-9(15)6-12-4-5-13-19(16,17)14-7-10(2)18-11(3)8-14/h9-13,15H,4-8H2,1-3H3. The fourth-order valence-corrected chi connectivity index (χ4v) is 3.35. The zero-order valence-electron chi connectivity index (χ0n) is 11.8. The van der Waals surface area contributed by atoms with Crippen LogP contribution in [-0.4, -0.2) is 68.9 Å². The second kappa shape index (κ2) is 7.51. The highest BCUT2D eigenvalue weighted by molar-refractivity contribution is 7.87. The number of nitrogens with zero attached hydrogens (tertiary/aromatic N) is 1. The maximum atomic E-state index is 12.1. The first-order valence-electron chi connectivity index (χ1n) is 6.60. The summed E-state index contributed by atoms with van der Waals surface area (Å²) in [5.41, 5.74) is 0. The number of hydrogen-bond donors (Lipinski definition) is 3. The molecule has 19 heavy (non-hydrogen) atoms. The van der Waals surface area contributed by atoms with Crippen LogP contribution in [0, 0.1) is 0 Å². The van der Waals surface area contributed by atoms with Crippen LogP contribution in [0.5, 0.6) is 0 Å². The number of aliphatic hydroxyl groups excluding tert-OH is 1. The predicted octanol–water partition coefficient (Wildman–Crippen LogP) is -1.10. The molecule has 3 N–H and O–H groups in total. The third-order valence-corrected chi connectivity index (χ3v) is 4.30. The van der Waals surface area contributed by atoms with Crippen LogP contribution in [0.4, 0.5) is 0 Å². The van der Waals surface area contributed by atoms with E-state index < -0.39 is 16.3 Å². The Kier molecular flexibility index (Phi) is 6.64. The molecule has 114 valence electrons. The van der Waals surface area contributed by atoms with Crippen molar-refractivity contribution in [1.82, 2.24) is 14.3 Å². The minimum absolute atomic E-state index is 0.0892.